The molecule has 1 saturated heterocycles. The summed E-state index contributed by atoms with van der Waals surface area (Å²) >= 11 is 0. The van der Waals surface area contributed by atoms with E-state index < -0.39 is 11.8 Å². The molecule has 0 radical (unpaired) electrons. The van der Waals surface area contributed by atoms with Crippen LogP contribution in [0.25, 0.3) is 0 Å². The zero-order chi connectivity index (χ0) is 12.6. The Morgan fingerprint density at radius 3 is 2.69 bits per heavy atom. The van der Waals surface area contributed by atoms with Crippen molar-refractivity contribution in [1.29, 1.82) is 0 Å². The number of amides is 1. The second-order valence-corrected chi connectivity index (χ2v) is 5.41. The summed E-state index contributed by atoms with van der Waals surface area (Å²) in [5.74, 6) is 0. The molecule has 0 aliphatic carbocycles. The van der Waals surface area contributed by atoms with E-state index in [2.05, 4.69) is 6.58 Å². The van der Waals surface area contributed by atoms with E-state index in [0.29, 0.717) is 6.61 Å². The van der Waals surface area contributed by atoms with Crippen molar-refractivity contribution in [2.24, 2.45) is 5.41 Å². The molecule has 16 heavy (non-hydrogen) atoms. The summed E-state index contributed by atoms with van der Waals surface area (Å²) in [6.45, 7) is 11.8. The van der Waals surface area contributed by atoms with Gasteiger partial charge in [-0.1, -0.05) is 19.9 Å². The summed E-state index contributed by atoms with van der Waals surface area (Å²) in [5, 5.41) is 9.27. The monoisotopic (exact) mass is 227 g/mol. The van der Waals surface area contributed by atoms with E-state index in [4.69, 9.17) is 4.74 Å². The number of rotatable bonds is 3. The lowest BCUT2D eigenvalue weighted by atomic mass is 9.81. The van der Waals surface area contributed by atoms with Crippen LogP contribution >= 0.6 is 0 Å². The lowest BCUT2D eigenvalue weighted by molar-refractivity contribution is -0.0456. The number of hydrogen-bond acceptors (Lipinski definition) is 2. The molecule has 0 aromatic heterocycles. The first kappa shape index (κ1) is 13.0. The molecule has 1 fully saturated rings. The van der Waals surface area contributed by atoms with Crippen LogP contribution in [-0.4, -0.2) is 34.5 Å². The number of carboxylic acid groups (broad SMARTS) is 1. The topological polar surface area (TPSA) is 49.8 Å². The summed E-state index contributed by atoms with van der Waals surface area (Å²) in [5.41, 5.74) is -0.900. The highest BCUT2D eigenvalue weighted by Crippen LogP contribution is 2.38. The Labute approximate surface area is 96.9 Å². The molecule has 0 spiro atoms. The summed E-state index contributed by atoms with van der Waals surface area (Å²) in [6.07, 6.45) is 1.66. The third-order valence-corrected chi connectivity index (χ3v) is 3.26. The van der Waals surface area contributed by atoms with Gasteiger partial charge >= 0.3 is 6.09 Å². The molecule has 0 aromatic carbocycles. The van der Waals surface area contributed by atoms with E-state index >= 15 is 0 Å². The van der Waals surface area contributed by atoms with E-state index in [1.54, 1.807) is 13.8 Å². The Morgan fingerprint density at radius 1 is 1.69 bits per heavy atom. The maximum atomic E-state index is 11.3. The van der Waals surface area contributed by atoms with E-state index in [-0.39, 0.29) is 11.5 Å². The smallest absolute Gasteiger partial charge is 0.409 e. The SMILES string of the molecule is C=CCC(C)(C)[C@H]1COC(C)(C)N1C(=O)O. The molecule has 92 valence electrons. The van der Waals surface area contributed by atoms with Crippen LogP contribution < -0.4 is 0 Å². The van der Waals surface area contributed by atoms with Crippen molar-refractivity contribution in [3.63, 3.8) is 0 Å². The van der Waals surface area contributed by atoms with Crippen molar-refractivity contribution in [1.82, 2.24) is 4.90 Å². The molecular weight excluding hydrogens is 206 g/mol. The first-order chi connectivity index (χ1) is 7.22. The fraction of sp³-hybridized carbons (Fsp3) is 0.750. The summed E-state index contributed by atoms with van der Waals surface area (Å²) < 4.78 is 5.57. The lowest BCUT2D eigenvalue weighted by Crippen LogP contribution is -2.52. The fourth-order valence-corrected chi connectivity index (χ4v) is 2.25. The third-order valence-electron chi connectivity index (χ3n) is 3.26. The van der Waals surface area contributed by atoms with Gasteiger partial charge in [-0.3, -0.25) is 4.90 Å². The van der Waals surface area contributed by atoms with Gasteiger partial charge in [0.1, 0.15) is 5.72 Å². The maximum Gasteiger partial charge on any atom is 0.409 e. The van der Waals surface area contributed by atoms with Crippen LogP contribution in [0.4, 0.5) is 4.79 Å². The van der Waals surface area contributed by atoms with Crippen LogP contribution in [0.5, 0.6) is 0 Å². The second-order valence-electron chi connectivity index (χ2n) is 5.41. The molecular formula is C12H21NO3. The predicted molar refractivity (Wildman–Crippen MR) is 62.3 cm³/mol. The first-order valence-electron chi connectivity index (χ1n) is 5.49. The molecule has 0 unspecified atom stereocenters. The van der Waals surface area contributed by atoms with Crippen LogP contribution in [0.3, 0.4) is 0 Å². The largest absolute Gasteiger partial charge is 0.465 e. The molecule has 1 atom stereocenters. The normalized spacial score (nSPS) is 24.5. The fourth-order valence-electron chi connectivity index (χ4n) is 2.25. The van der Waals surface area contributed by atoms with Crippen molar-refractivity contribution in [2.75, 3.05) is 6.61 Å². The van der Waals surface area contributed by atoms with Gasteiger partial charge in [-0.05, 0) is 25.7 Å². The van der Waals surface area contributed by atoms with Crippen molar-refractivity contribution in [2.45, 2.75) is 45.9 Å². The zero-order valence-electron chi connectivity index (χ0n) is 10.5. The van der Waals surface area contributed by atoms with Gasteiger partial charge in [0.15, 0.2) is 0 Å². The molecule has 4 nitrogen and oxygen atoms in total. The van der Waals surface area contributed by atoms with Crippen molar-refractivity contribution in [3.05, 3.63) is 12.7 Å². The van der Waals surface area contributed by atoms with Gasteiger partial charge in [0.2, 0.25) is 0 Å². The van der Waals surface area contributed by atoms with Gasteiger partial charge < -0.3 is 9.84 Å². The predicted octanol–water partition coefficient (Wildman–Crippen LogP) is 2.70. The Balaban J connectivity index is 2.97. The van der Waals surface area contributed by atoms with Crippen molar-refractivity contribution < 1.29 is 14.6 Å². The van der Waals surface area contributed by atoms with Gasteiger partial charge in [0, 0.05) is 0 Å². The van der Waals surface area contributed by atoms with Crippen LogP contribution in [0, 0.1) is 5.41 Å². The summed E-state index contributed by atoms with van der Waals surface area (Å²) in [6, 6.07) is -0.127. The lowest BCUT2D eigenvalue weighted by Gasteiger charge is -2.38. The number of allylic oxidation sites excluding steroid dienone is 1. The summed E-state index contributed by atoms with van der Waals surface area (Å²) in [4.78, 5) is 12.7. The highest BCUT2D eigenvalue weighted by molar-refractivity contribution is 5.66. The standard InChI is InChI=1S/C12H21NO3/c1-6-7-11(2,3)9-8-16-12(4,5)13(9)10(14)15/h6,9H,1,7-8H2,2-5H3,(H,14,15)/t9-/m1/s1. The average Bonchev–Trinajstić information content (AvgIpc) is 2.41. The molecule has 1 aliphatic rings. The van der Waals surface area contributed by atoms with Gasteiger partial charge in [0.05, 0.1) is 12.6 Å². The van der Waals surface area contributed by atoms with Crippen LogP contribution in [0.2, 0.25) is 0 Å². The second kappa shape index (κ2) is 4.09. The van der Waals surface area contributed by atoms with Crippen LogP contribution in [-0.2, 0) is 4.74 Å². The quantitative estimate of drug-likeness (QED) is 0.754. The van der Waals surface area contributed by atoms with E-state index in [1.165, 1.54) is 4.90 Å². The van der Waals surface area contributed by atoms with Gasteiger partial charge in [-0.2, -0.15) is 0 Å². The minimum absolute atomic E-state index is 0.127. The summed E-state index contributed by atoms with van der Waals surface area (Å²) in [7, 11) is 0. The molecule has 0 bridgehead atoms. The molecule has 1 N–H and O–H groups in total. The van der Waals surface area contributed by atoms with Gasteiger partial charge in [-0.15, -0.1) is 6.58 Å². The Hall–Kier alpha value is -1.03. The molecule has 1 rings (SSSR count). The van der Waals surface area contributed by atoms with Crippen LogP contribution in [0.15, 0.2) is 12.7 Å². The zero-order valence-corrected chi connectivity index (χ0v) is 10.5. The first-order valence-corrected chi connectivity index (χ1v) is 5.49. The highest BCUT2D eigenvalue weighted by Gasteiger charge is 2.49. The molecule has 1 heterocycles. The molecule has 4 heteroatoms. The Morgan fingerprint density at radius 2 is 2.25 bits per heavy atom. The number of nitrogens with zero attached hydrogens (tertiary/aromatic N) is 1. The van der Waals surface area contributed by atoms with E-state index in [1.807, 2.05) is 19.9 Å². The third kappa shape index (κ3) is 2.21. The number of hydrogen-bond donors (Lipinski definition) is 1. The average molecular weight is 227 g/mol. The molecule has 0 aromatic rings. The van der Waals surface area contributed by atoms with Crippen molar-refractivity contribution >= 4 is 6.09 Å². The minimum Gasteiger partial charge on any atom is -0.465 e. The number of carbonyl (C=O) groups is 1. The molecule has 1 amide bonds. The molecule has 0 saturated carbocycles. The molecule has 1 aliphatic heterocycles. The minimum atomic E-state index is -0.926. The van der Waals surface area contributed by atoms with Crippen LogP contribution in [0.1, 0.15) is 34.1 Å². The Kier molecular flexibility index (Phi) is 3.33. The Bertz CT molecular complexity index is 297. The van der Waals surface area contributed by atoms with E-state index in [0.717, 1.165) is 6.42 Å². The van der Waals surface area contributed by atoms with Gasteiger partial charge in [0.25, 0.3) is 0 Å². The maximum absolute atomic E-state index is 11.3. The van der Waals surface area contributed by atoms with E-state index in [9.17, 15) is 9.90 Å². The highest BCUT2D eigenvalue weighted by atomic mass is 16.5. The van der Waals surface area contributed by atoms with Gasteiger partial charge in [-0.25, -0.2) is 4.79 Å². The number of ether oxygens (including phenoxy) is 1. The van der Waals surface area contributed by atoms with Crippen molar-refractivity contribution in [3.8, 4) is 0 Å².